The van der Waals surface area contributed by atoms with Crippen LogP contribution in [0, 0.1) is 6.92 Å². The average Bonchev–Trinajstić information content (AvgIpc) is 2.62. The molecule has 0 heterocycles. The van der Waals surface area contributed by atoms with Gasteiger partial charge in [0.2, 0.25) is 0 Å². The van der Waals surface area contributed by atoms with Crippen molar-refractivity contribution in [2.45, 2.75) is 6.92 Å². The number of ketones is 2. The van der Waals surface area contributed by atoms with E-state index >= 15 is 0 Å². The second-order valence-electron chi connectivity index (χ2n) is 5.61. The molecule has 0 amide bonds. The van der Waals surface area contributed by atoms with Gasteiger partial charge in [-0.1, -0.05) is 65.7 Å². The topological polar surface area (TPSA) is 34.1 Å². The summed E-state index contributed by atoms with van der Waals surface area (Å²) < 4.78 is 0. The predicted molar refractivity (Wildman–Crippen MR) is 95.9 cm³/mol. The van der Waals surface area contributed by atoms with Crippen LogP contribution in [0.2, 0.25) is 5.02 Å². The molecule has 0 saturated carbocycles. The third-order valence-electron chi connectivity index (χ3n) is 3.83. The zero-order valence-corrected chi connectivity index (χ0v) is 13.9. The van der Waals surface area contributed by atoms with Crippen LogP contribution in [0.1, 0.15) is 37.4 Å². The van der Waals surface area contributed by atoms with Crippen molar-refractivity contribution in [1.29, 1.82) is 0 Å². The molecule has 0 aliphatic heterocycles. The first-order valence-corrected chi connectivity index (χ1v) is 7.94. The van der Waals surface area contributed by atoms with Crippen LogP contribution in [0.25, 0.3) is 0 Å². The van der Waals surface area contributed by atoms with E-state index in [1.165, 1.54) is 0 Å². The number of carbonyl (C=O) groups is 2. The monoisotopic (exact) mass is 334 g/mol. The summed E-state index contributed by atoms with van der Waals surface area (Å²) in [4.78, 5) is 24.9. The van der Waals surface area contributed by atoms with Crippen molar-refractivity contribution in [2.75, 3.05) is 0 Å². The Hall–Kier alpha value is -2.71. The molecule has 0 aliphatic rings. The van der Waals surface area contributed by atoms with Gasteiger partial charge in [-0.2, -0.15) is 0 Å². The summed E-state index contributed by atoms with van der Waals surface area (Å²) in [7, 11) is 0. The fourth-order valence-electron chi connectivity index (χ4n) is 2.41. The molecule has 0 spiro atoms. The maximum Gasteiger partial charge on any atom is 0.193 e. The SMILES string of the molecule is Cc1ccc(C(=O)c2ccc(C(=O)c3ccc(Cl)cc3)cc2)cc1. The highest BCUT2D eigenvalue weighted by atomic mass is 35.5. The summed E-state index contributed by atoms with van der Waals surface area (Å²) in [5.41, 5.74) is 3.41. The number of rotatable bonds is 4. The molecule has 3 rings (SSSR count). The molecular formula is C21H15ClO2. The van der Waals surface area contributed by atoms with E-state index in [1.54, 1.807) is 48.5 Å². The van der Waals surface area contributed by atoms with Crippen LogP contribution in [0.4, 0.5) is 0 Å². The summed E-state index contributed by atoms with van der Waals surface area (Å²) in [6.45, 7) is 1.98. The van der Waals surface area contributed by atoms with Gasteiger partial charge in [-0.25, -0.2) is 0 Å². The number of aryl methyl sites for hydroxylation is 1. The van der Waals surface area contributed by atoms with Gasteiger partial charge < -0.3 is 0 Å². The Morgan fingerprint density at radius 2 is 0.875 bits per heavy atom. The van der Waals surface area contributed by atoms with Crippen LogP contribution in [0.5, 0.6) is 0 Å². The summed E-state index contributed by atoms with van der Waals surface area (Å²) >= 11 is 5.84. The highest BCUT2D eigenvalue weighted by molar-refractivity contribution is 6.30. The second kappa shape index (κ2) is 6.81. The lowest BCUT2D eigenvalue weighted by molar-refractivity contribution is 0.102. The number of hydrogen-bond donors (Lipinski definition) is 0. The number of hydrogen-bond acceptors (Lipinski definition) is 2. The Bertz CT molecular complexity index is 800. The van der Waals surface area contributed by atoms with Crippen LogP contribution >= 0.6 is 11.6 Å². The molecule has 2 nitrogen and oxygen atoms in total. The molecule has 3 aromatic carbocycles. The minimum atomic E-state index is -0.0963. The van der Waals surface area contributed by atoms with Crippen molar-refractivity contribution >= 4 is 23.2 Å². The zero-order chi connectivity index (χ0) is 17.1. The van der Waals surface area contributed by atoms with Crippen molar-refractivity contribution in [3.8, 4) is 0 Å². The van der Waals surface area contributed by atoms with E-state index in [0.29, 0.717) is 27.3 Å². The van der Waals surface area contributed by atoms with Crippen molar-refractivity contribution in [1.82, 2.24) is 0 Å². The van der Waals surface area contributed by atoms with Gasteiger partial charge in [-0.05, 0) is 31.2 Å². The molecule has 0 bridgehead atoms. The van der Waals surface area contributed by atoms with E-state index in [2.05, 4.69) is 0 Å². The fourth-order valence-corrected chi connectivity index (χ4v) is 2.54. The summed E-state index contributed by atoms with van der Waals surface area (Å²) in [6.07, 6.45) is 0. The molecule has 3 aromatic rings. The Balaban J connectivity index is 1.82. The zero-order valence-electron chi connectivity index (χ0n) is 13.1. The maximum absolute atomic E-state index is 12.4. The molecule has 0 N–H and O–H groups in total. The Morgan fingerprint density at radius 1 is 0.583 bits per heavy atom. The minimum Gasteiger partial charge on any atom is -0.289 e. The van der Waals surface area contributed by atoms with Crippen LogP contribution in [0.3, 0.4) is 0 Å². The van der Waals surface area contributed by atoms with Crippen molar-refractivity contribution in [3.05, 3.63) is 106 Å². The first-order chi connectivity index (χ1) is 11.5. The second-order valence-corrected chi connectivity index (χ2v) is 6.04. The van der Waals surface area contributed by atoms with Crippen molar-refractivity contribution < 1.29 is 9.59 Å². The standard InChI is InChI=1S/C21H15ClO2/c1-14-2-4-15(5-3-14)20(23)16-6-8-17(9-7-16)21(24)18-10-12-19(22)13-11-18/h2-13H,1H3. The van der Waals surface area contributed by atoms with E-state index in [1.807, 2.05) is 31.2 Å². The van der Waals surface area contributed by atoms with Gasteiger partial charge >= 0.3 is 0 Å². The van der Waals surface area contributed by atoms with Crippen molar-refractivity contribution in [3.63, 3.8) is 0 Å². The van der Waals surface area contributed by atoms with E-state index in [4.69, 9.17) is 11.6 Å². The molecular weight excluding hydrogens is 320 g/mol. The summed E-state index contributed by atoms with van der Waals surface area (Å²) in [5, 5.41) is 0.589. The molecule has 24 heavy (non-hydrogen) atoms. The van der Waals surface area contributed by atoms with Crippen LogP contribution in [-0.2, 0) is 0 Å². The molecule has 0 atom stereocenters. The molecule has 3 heteroatoms. The fraction of sp³-hybridized carbons (Fsp3) is 0.0476. The van der Waals surface area contributed by atoms with Gasteiger partial charge in [0.25, 0.3) is 0 Å². The van der Waals surface area contributed by atoms with E-state index in [9.17, 15) is 9.59 Å². The average molecular weight is 335 g/mol. The molecule has 0 radical (unpaired) electrons. The van der Waals surface area contributed by atoms with Gasteiger partial charge in [0, 0.05) is 27.3 Å². The quantitative estimate of drug-likeness (QED) is 0.621. The largest absolute Gasteiger partial charge is 0.289 e. The van der Waals surface area contributed by atoms with Gasteiger partial charge in [0.05, 0.1) is 0 Å². The first kappa shape index (κ1) is 16.2. The predicted octanol–water partition coefficient (Wildman–Crippen LogP) is 5.11. The van der Waals surface area contributed by atoms with E-state index < -0.39 is 0 Å². The van der Waals surface area contributed by atoms with E-state index in [0.717, 1.165) is 5.56 Å². The molecule has 118 valence electrons. The number of halogens is 1. The normalized spacial score (nSPS) is 10.4. The summed E-state index contributed by atoms with van der Waals surface area (Å²) in [5.74, 6) is -0.151. The first-order valence-electron chi connectivity index (χ1n) is 7.56. The molecule has 0 saturated heterocycles. The smallest absolute Gasteiger partial charge is 0.193 e. The molecule has 0 aliphatic carbocycles. The number of benzene rings is 3. The van der Waals surface area contributed by atoms with Gasteiger partial charge in [0.1, 0.15) is 0 Å². The summed E-state index contributed by atoms with van der Waals surface area (Å²) in [6, 6.07) is 20.9. The van der Waals surface area contributed by atoms with Gasteiger partial charge in [-0.15, -0.1) is 0 Å². The lowest BCUT2D eigenvalue weighted by Crippen LogP contribution is -2.04. The van der Waals surface area contributed by atoms with Crippen molar-refractivity contribution in [2.24, 2.45) is 0 Å². The van der Waals surface area contributed by atoms with Crippen LogP contribution in [0.15, 0.2) is 72.8 Å². The van der Waals surface area contributed by atoms with Gasteiger partial charge in [0.15, 0.2) is 11.6 Å². The number of carbonyl (C=O) groups excluding carboxylic acids is 2. The third kappa shape index (κ3) is 3.44. The Kier molecular flexibility index (Phi) is 4.59. The highest BCUT2D eigenvalue weighted by Crippen LogP contribution is 2.16. The van der Waals surface area contributed by atoms with Crippen LogP contribution < -0.4 is 0 Å². The third-order valence-corrected chi connectivity index (χ3v) is 4.08. The Labute approximate surface area is 145 Å². The molecule has 0 aromatic heterocycles. The Morgan fingerprint density at radius 3 is 1.25 bits per heavy atom. The van der Waals surface area contributed by atoms with Crippen LogP contribution in [-0.4, -0.2) is 11.6 Å². The van der Waals surface area contributed by atoms with Gasteiger partial charge in [-0.3, -0.25) is 9.59 Å². The minimum absolute atomic E-state index is 0.0551. The highest BCUT2D eigenvalue weighted by Gasteiger charge is 2.12. The lowest BCUT2D eigenvalue weighted by Gasteiger charge is -2.05. The van der Waals surface area contributed by atoms with E-state index in [-0.39, 0.29) is 11.6 Å². The molecule has 0 unspecified atom stereocenters. The maximum atomic E-state index is 12.4. The lowest BCUT2D eigenvalue weighted by atomic mass is 9.98. The molecule has 0 fully saturated rings.